The van der Waals surface area contributed by atoms with E-state index >= 15 is 0 Å². The maximum Gasteiger partial charge on any atom is 0.416 e. The van der Waals surface area contributed by atoms with Crippen molar-refractivity contribution < 1.29 is 50.8 Å². The van der Waals surface area contributed by atoms with Gasteiger partial charge in [-0.25, -0.2) is 0 Å². The number of ether oxygens (including phenoxy) is 2. The van der Waals surface area contributed by atoms with Crippen molar-refractivity contribution in [3.63, 3.8) is 0 Å². The van der Waals surface area contributed by atoms with Gasteiger partial charge in [-0.2, -0.15) is 31.2 Å². The summed E-state index contributed by atoms with van der Waals surface area (Å²) in [5.41, 5.74) is -0.444. The largest absolute Gasteiger partial charge is 0.579 e. The molecule has 3 aliphatic rings. The molecule has 2 aromatic carbocycles. The van der Waals surface area contributed by atoms with Crippen molar-refractivity contribution >= 4 is 11.5 Å². The van der Waals surface area contributed by atoms with Gasteiger partial charge in [0, 0.05) is 5.56 Å². The number of carbonyl (C=O) groups is 1. The maximum absolute atomic E-state index is 13.6. The van der Waals surface area contributed by atoms with Crippen molar-refractivity contribution in [3.05, 3.63) is 75.0 Å². The van der Waals surface area contributed by atoms with Gasteiger partial charge < -0.3 is 14.7 Å². The number of halogens is 6. The summed E-state index contributed by atoms with van der Waals surface area (Å²) in [7, 11) is 2.97. The Labute approximate surface area is 276 Å². The molecule has 264 valence electrons. The quantitative estimate of drug-likeness (QED) is 0.175. The molecule has 1 saturated carbocycles. The van der Waals surface area contributed by atoms with Gasteiger partial charge in [-0.3, -0.25) is 4.79 Å². The number of allylic oxidation sites excluding steroid dienone is 1. The normalized spacial score (nSPS) is 24.6. The molecule has 0 bridgehead atoms. The van der Waals surface area contributed by atoms with Crippen molar-refractivity contribution in [2.75, 3.05) is 20.8 Å². The molecule has 1 saturated heterocycles. The Balaban J connectivity index is 1.51. The Morgan fingerprint density at radius 3 is 2.19 bits per heavy atom. The molecule has 0 amide bonds. The topological polar surface area (TPSA) is 75.5 Å². The van der Waals surface area contributed by atoms with Crippen molar-refractivity contribution in [3.8, 4) is 5.75 Å². The van der Waals surface area contributed by atoms with E-state index < -0.39 is 46.4 Å². The first-order valence-electron chi connectivity index (χ1n) is 16.1. The van der Waals surface area contributed by atoms with Crippen LogP contribution in [0.1, 0.15) is 99.6 Å². The summed E-state index contributed by atoms with van der Waals surface area (Å²) in [6.07, 6.45) is -5.51. The van der Waals surface area contributed by atoms with E-state index in [1.807, 2.05) is 18.2 Å². The summed E-state index contributed by atoms with van der Waals surface area (Å²) >= 11 is 0. The summed E-state index contributed by atoms with van der Waals surface area (Å²) in [6.45, 7) is 5.84. The second-order valence-electron chi connectivity index (χ2n) is 14.1. The zero-order valence-corrected chi connectivity index (χ0v) is 27.7. The molecule has 1 N–H and O–H groups in total. The van der Waals surface area contributed by atoms with Gasteiger partial charge in [0.05, 0.1) is 43.3 Å². The number of hydrogen-bond acceptors (Lipinski definition) is 6. The standard InChI is InChI=1S/C35H42F6N2O5/c1-21-30(23-15-25(34(36,37)38)17-26(16-23)35(39,40)41)48-43(45)42(21)20-24-19-32(2,3)13-10-27(24)28-14-22(8-9-29(28)46-4)18-33(31(44)47-5)11-6-7-12-33/h8-9,14-17,21,30,43H,6-7,10-13,18-20H2,1-5H3/t21-,30-/m0/s1. The molecule has 0 radical (unpaired) electrons. The van der Waals surface area contributed by atoms with E-state index in [9.17, 15) is 36.3 Å². The highest BCUT2D eigenvalue weighted by molar-refractivity contribution is 5.78. The van der Waals surface area contributed by atoms with E-state index in [-0.39, 0.29) is 29.6 Å². The zero-order chi connectivity index (χ0) is 35.2. The second kappa shape index (κ2) is 13.3. The number of carbonyl (C=O) groups excluding carboxylic acids is 1. The predicted octanol–water partition coefficient (Wildman–Crippen LogP) is 7.65. The summed E-state index contributed by atoms with van der Waals surface area (Å²) in [6, 6.07) is 6.25. The van der Waals surface area contributed by atoms with Crippen LogP contribution in [0.4, 0.5) is 26.3 Å². The second-order valence-corrected chi connectivity index (χ2v) is 14.1. The molecular formula is C35H42F6N2O5. The summed E-state index contributed by atoms with van der Waals surface area (Å²) < 4.78 is 92.7. The lowest BCUT2D eigenvalue weighted by molar-refractivity contribution is -1.13. The Morgan fingerprint density at radius 2 is 1.62 bits per heavy atom. The van der Waals surface area contributed by atoms with Crippen molar-refractivity contribution in [1.29, 1.82) is 0 Å². The van der Waals surface area contributed by atoms with Gasteiger partial charge >= 0.3 is 18.3 Å². The van der Waals surface area contributed by atoms with Crippen LogP contribution in [0.2, 0.25) is 0 Å². The fourth-order valence-electron chi connectivity index (χ4n) is 7.61. The van der Waals surface area contributed by atoms with Crippen LogP contribution in [-0.2, 0) is 33.1 Å². The van der Waals surface area contributed by atoms with E-state index in [0.717, 1.165) is 54.4 Å². The van der Waals surface area contributed by atoms with Crippen LogP contribution in [0.25, 0.3) is 5.57 Å². The first-order valence-corrected chi connectivity index (χ1v) is 16.1. The molecule has 1 aliphatic heterocycles. The number of nitrogens with one attached hydrogen (secondary N) is 1. The minimum atomic E-state index is -5.03. The number of esters is 1. The van der Waals surface area contributed by atoms with Crippen molar-refractivity contribution in [2.45, 2.75) is 96.6 Å². The van der Waals surface area contributed by atoms with Crippen LogP contribution in [0, 0.1) is 16.0 Å². The maximum atomic E-state index is 13.6. The summed E-state index contributed by atoms with van der Waals surface area (Å²) in [5, 5.41) is 13.8. The Morgan fingerprint density at radius 1 is 1.00 bits per heavy atom. The lowest BCUT2D eigenvalue weighted by Crippen LogP contribution is -3.10. The van der Waals surface area contributed by atoms with E-state index in [4.69, 9.17) is 14.3 Å². The fourth-order valence-corrected chi connectivity index (χ4v) is 7.61. The molecule has 1 heterocycles. The highest BCUT2D eigenvalue weighted by Gasteiger charge is 2.46. The smallest absolute Gasteiger partial charge is 0.416 e. The molecule has 48 heavy (non-hydrogen) atoms. The minimum absolute atomic E-state index is 0.0607. The predicted molar refractivity (Wildman–Crippen MR) is 165 cm³/mol. The number of nitrogens with zero attached hydrogens (tertiary/aromatic N) is 1. The third-order valence-electron chi connectivity index (χ3n) is 10.2. The van der Waals surface area contributed by atoms with Gasteiger partial charge in [-0.05, 0) is 103 Å². The van der Waals surface area contributed by atoms with Gasteiger partial charge in [-0.1, -0.05) is 32.8 Å². The van der Waals surface area contributed by atoms with E-state index in [2.05, 4.69) is 13.8 Å². The third-order valence-corrected chi connectivity index (χ3v) is 10.2. The highest BCUT2D eigenvalue weighted by atomic mass is 19.4. The molecule has 3 atom stereocenters. The molecule has 2 aromatic rings. The monoisotopic (exact) mass is 684 g/mol. The van der Waals surface area contributed by atoms with E-state index in [1.54, 1.807) is 14.0 Å². The van der Waals surface area contributed by atoms with Gasteiger partial charge in [-0.15, -0.1) is 10.3 Å². The SMILES string of the molecule is COC(=O)C1(Cc2ccc(OC)c(C3=C(CN4[C@@H](C)[C@@H](c5cc(C(F)(F)F)cc(C(F)(F)F)c5)O[NH+]4[O-])CC(C)(C)CC3)c2)CCCC1. The Hall–Kier alpha value is -3.13. The molecule has 1 unspecified atom stereocenters. The molecular weight excluding hydrogens is 642 g/mol. The number of alkyl halides is 6. The van der Waals surface area contributed by atoms with Crippen LogP contribution in [0.3, 0.4) is 0 Å². The number of methoxy groups -OCH3 is 2. The van der Waals surface area contributed by atoms with Crippen molar-refractivity contribution in [2.24, 2.45) is 10.8 Å². The lowest BCUT2D eigenvalue weighted by Gasteiger charge is -2.36. The first kappa shape index (κ1) is 36.2. The number of rotatable bonds is 8. The first-order chi connectivity index (χ1) is 22.4. The van der Waals surface area contributed by atoms with Gasteiger partial charge in [0.25, 0.3) is 0 Å². The highest BCUT2D eigenvalue weighted by Crippen LogP contribution is 2.47. The van der Waals surface area contributed by atoms with E-state index in [0.29, 0.717) is 37.1 Å². The Kier molecular flexibility index (Phi) is 10.0. The van der Waals surface area contributed by atoms with Gasteiger partial charge in [0.2, 0.25) is 0 Å². The molecule has 5 rings (SSSR count). The van der Waals surface area contributed by atoms with Crippen molar-refractivity contribution in [1.82, 2.24) is 5.01 Å². The summed E-state index contributed by atoms with van der Waals surface area (Å²) in [4.78, 5) is 18.4. The molecule has 13 heteroatoms. The molecule has 7 nitrogen and oxygen atoms in total. The van der Waals surface area contributed by atoms with E-state index in [1.165, 1.54) is 12.1 Å². The van der Waals surface area contributed by atoms with Crippen LogP contribution in [0.5, 0.6) is 5.75 Å². The summed E-state index contributed by atoms with van der Waals surface area (Å²) in [5.74, 6) is 0.388. The third kappa shape index (κ3) is 7.39. The molecule has 0 aromatic heterocycles. The zero-order valence-electron chi connectivity index (χ0n) is 27.7. The van der Waals surface area contributed by atoms with Crippen LogP contribution < -0.4 is 10.1 Å². The van der Waals surface area contributed by atoms with Crippen LogP contribution >= 0.6 is 0 Å². The Bertz CT molecular complexity index is 1510. The molecule has 0 spiro atoms. The van der Waals surface area contributed by atoms with Crippen LogP contribution in [-0.4, -0.2) is 37.8 Å². The minimum Gasteiger partial charge on any atom is -0.579 e. The fraction of sp³-hybridized carbons (Fsp3) is 0.571. The lowest BCUT2D eigenvalue weighted by atomic mass is 9.72. The number of quaternary nitrogens is 1. The number of hydrogen-bond donors (Lipinski definition) is 1. The average molecular weight is 685 g/mol. The molecule has 2 aliphatic carbocycles. The average Bonchev–Trinajstić information content (AvgIpc) is 3.60. The van der Waals surface area contributed by atoms with Crippen LogP contribution in [0.15, 0.2) is 42.0 Å². The molecule has 2 fully saturated rings. The van der Waals surface area contributed by atoms with Gasteiger partial charge in [0.1, 0.15) is 5.75 Å². The number of benzene rings is 2. The van der Waals surface area contributed by atoms with Gasteiger partial charge in [0.15, 0.2) is 6.10 Å².